The SMILES string of the molecule is CCC1CCCC(C=O)(Cc2ccc(CC#N)cc2)CC1. The molecule has 0 radical (unpaired) electrons. The van der Waals surface area contributed by atoms with Crippen LogP contribution in [0.4, 0.5) is 0 Å². The van der Waals surface area contributed by atoms with Crippen LogP contribution in [0, 0.1) is 22.7 Å². The molecule has 0 heterocycles. The van der Waals surface area contributed by atoms with Crippen molar-refractivity contribution in [1.82, 2.24) is 0 Å². The number of benzene rings is 1. The van der Waals surface area contributed by atoms with Crippen molar-refractivity contribution in [3.8, 4) is 6.07 Å². The highest BCUT2D eigenvalue weighted by atomic mass is 16.1. The van der Waals surface area contributed by atoms with Crippen LogP contribution in [0.1, 0.15) is 56.6 Å². The second kappa shape index (κ2) is 7.41. The predicted molar refractivity (Wildman–Crippen MR) is 84.8 cm³/mol. The summed E-state index contributed by atoms with van der Waals surface area (Å²) in [4.78, 5) is 11.8. The first-order valence-electron chi connectivity index (χ1n) is 8.12. The van der Waals surface area contributed by atoms with Crippen molar-refractivity contribution in [1.29, 1.82) is 5.26 Å². The summed E-state index contributed by atoms with van der Waals surface area (Å²) in [6.07, 6.45) is 9.42. The molecule has 0 spiro atoms. The molecule has 2 atom stereocenters. The number of rotatable bonds is 5. The van der Waals surface area contributed by atoms with Gasteiger partial charge in [0.15, 0.2) is 0 Å². The maximum atomic E-state index is 11.8. The summed E-state index contributed by atoms with van der Waals surface area (Å²) in [5, 5.41) is 8.71. The lowest BCUT2D eigenvalue weighted by Crippen LogP contribution is -2.25. The van der Waals surface area contributed by atoms with Gasteiger partial charge in [0.1, 0.15) is 6.29 Å². The third-order valence-electron chi connectivity index (χ3n) is 5.03. The van der Waals surface area contributed by atoms with E-state index in [1.165, 1.54) is 37.5 Å². The third-order valence-corrected chi connectivity index (χ3v) is 5.03. The topological polar surface area (TPSA) is 40.9 Å². The minimum absolute atomic E-state index is 0.166. The predicted octanol–water partition coefficient (Wildman–Crippen LogP) is 4.47. The molecule has 0 bridgehead atoms. The van der Waals surface area contributed by atoms with E-state index < -0.39 is 0 Å². The Morgan fingerprint density at radius 1 is 1.24 bits per heavy atom. The first kappa shape index (κ1) is 15.8. The van der Waals surface area contributed by atoms with Gasteiger partial charge in [0, 0.05) is 5.41 Å². The zero-order chi connectivity index (χ0) is 15.1. The Morgan fingerprint density at radius 3 is 2.57 bits per heavy atom. The summed E-state index contributed by atoms with van der Waals surface area (Å²) in [6.45, 7) is 2.26. The van der Waals surface area contributed by atoms with Crippen LogP contribution < -0.4 is 0 Å². The molecule has 2 unspecified atom stereocenters. The van der Waals surface area contributed by atoms with E-state index in [1.54, 1.807) is 0 Å². The van der Waals surface area contributed by atoms with Gasteiger partial charge in [-0.2, -0.15) is 5.26 Å². The Morgan fingerprint density at radius 2 is 1.95 bits per heavy atom. The van der Waals surface area contributed by atoms with Crippen molar-refractivity contribution in [2.45, 2.75) is 58.3 Å². The Bertz CT molecular complexity index is 499. The Kier molecular flexibility index (Phi) is 5.56. The standard InChI is InChI=1S/C19H25NO/c1-2-16-4-3-11-19(15-21,12-9-16)14-18-7-5-17(6-8-18)10-13-20/h5-8,15-16H,2-4,9-12,14H2,1H3. The molecule has 112 valence electrons. The fraction of sp³-hybridized carbons (Fsp3) is 0.579. The van der Waals surface area contributed by atoms with E-state index in [-0.39, 0.29) is 5.41 Å². The number of hydrogen-bond acceptors (Lipinski definition) is 2. The van der Waals surface area contributed by atoms with E-state index in [1.807, 2.05) is 12.1 Å². The third kappa shape index (κ3) is 4.17. The van der Waals surface area contributed by atoms with E-state index in [2.05, 4.69) is 25.1 Å². The van der Waals surface area contributed by atoms with Gasteiger partial charge >= 0.3 is 0 Å². The normalized spacial score (nSPS) is 25.8. The summed E-state index contributed by atoms with van der Waals surface area (Å²) < 4.78 is 0. The minimum atomic E-state index is -0.166. The lowest BCUT2D eigenvalue weighted by atomic mass is 9.76. The van der Waals surface area contributed by atoms with Gasteiger partial charge in [-0.1, -0.05) is 50.5 Å². The molecule has 0 amide bonds. The molecule has 0 saturated heterocycles. The molecule has 2 rings (SSSR count). The molecule has 21 heavy (non-hydrogen) atoms. The molecule has 0 aliphatic heterocycles. The van der Waals surface area contributed by atoms with E-state index in [0.29, 0.717) is 6.42 Å². The first-order chi connectivity index (χ1) is 10.2. The van der Waals surface area contributed by atoms with Crippen LogP contribution in [0.25, 0.3) is 0 Å². The van der Waals surface area contributed by atoms with Gasteiger partial charge in [-0.05, 0) is 42.7 Å². The highest BCUT2D eigenvalue weighted by molar-refractivity contribution is 5.60. The number of hydrogen-bond donors (Lipinski definition) is 0. The summed E-state index contributed by atoms with van der Waals surface area (Å²) in [5.74, 6) is 0.796. The molecule has 0 aromatic heterocycles. The number of aldehydes is 1. The second-order valence-corrected chi connectivity index (χ2v) is 6.51. The van der Waals surface area contributed by atoms with Crippen molar-refractivity contribution in [2.75, 3.05) is 0 Å². The largest absolute Gasteiger partial charge is 0.303 e. The van der Waals surface area contributed by atoms with Gasteiger partial charge in [-0.3, -0.25) is 0 Å². The van der Waals surface area contributed by atoms with Crippen molar-refractivity contribution in [3.05, 3.63) is 35.4 Å². The summed E-state index contributed by atoms with van der Waals surface area (Å²) in [5.41, 5.74) is 2.10. The molecule has 1 aromatic carbocycles. The average molecular weight is 283 g/mol. The van der Waals surface area contributed by atoms with E-state index in [0.717, 1.165) is 30.7 Å². The number of carbonyl (C=O) groups excluding carboxylic acids is 1. The Hall–Kier alpha value is -1.62. The zero-order valence-corrected chi connectivity index (χ0v) is 13.0. The van der Waals surface area contributed by atoms with Crippen molar-refractivity contribution >= 4 is 6.29 Å². The molecule has 1 fully saturated rings. The molecule has 1 aromatic rings. The van der Waals surface area contributed by atoms with E-state index >= 15 is 0 Å². The lowest BCUT2D eigenvalue weighted by molar-refractivity contribution is -0.116. The van der Waals surface area contributed by atoms with Gasteiger partial charge in [-0.15, -0.1) is 0 Å². The molecular formula is C19H25NO. The smallest absolute Gasteiger partial charge is 0.126 e. The second-order valence-electron chi connectivity index (χ2n) is 6.51. The van der Waals surface area contributed by atoms with Gasteiger partial charge in [0.2, 0.25) is 0 Å². The zero-order valence-electron chi connectivity index (χ0n) is 13.0. The highest BCUT2D eigenvalue weighted by Crippen LogP contribution is 2.39. The van der Waals surface area contributed by atoms with Crippen molar-refractivity contribution in [3.63, 3.8) is 0 Å². The van der Waals surface area contributed by atoms with Crippen LogP contribution in [0.3, 0.4) is 0 Å². The average Bonchev–Trinajstić information content (AvgIpc) is 2.72. The van der Waals surface area contributed by atoms with E-state index in [4.69, 9.17) is 5.26 Å². The number of nitriles is 1. The fourth-order valence-electron chi connectivity index (χ4n) is 3.52. The van der Waals surface area contributed by atoms with Crippen LogP contribution in [0.15, 0.2) is 24.3 Å². The number of nitrogens with zero attached hydrogens (tertiary/aromatic N) is 1. The van der Waals surface area contributed by atoms with Crippen LogP contribution in [0.2, 0.25) is 0 Å². The van der Waals surface area contributed by atoms with E-state index in [9.17, 15) is 4.79 Å². The van der Waals surface area contributed by atoms with Gasteiger partial charge in [-0.25, -0.2) is 0 Å². The minimum Gasteiger partial charge on any atom is -0.303 e. The molecule has 0 N–H and O–H groups in total. The van der Waals surface area contributed by atoms with Crippen LogP contribution in [-0.4, -0.2) is 6.29 Å². The monoisotopic (exact) mass is 283 g/mol. The molecule has 1 saturated carbocycles. The van der Waals surface area contributed by atoms with Crippen molar-refractivity contribution < 1.29 is 4.79 Å². The van der Waals surface area contributed by atoms with Gasteiger partial charge in [0.05, 0.1) is 12.5 Å². The molecule has 2 heteroatoms. The Balaban J connectivity index is 2.07. The highest BCUT2D eigenvalue weighted by Gasteiger charge is 2.32. The fourth-order valence-corrected chi connectivity index (χ4v) is 3.52. The summed E-state index contributed by atoms with van der Waals surface area (Å²) in [7, 11) is 0. The van der Waals surface area contributed by atoms with Gasteiger partial charge in [0.25, 0.3) is 0 Å². The molecule has 2 nitrogen and oxygen atoms in total. The summed E-state index contributed by atoms with van der Waals surface area (Å²) >= 11 is 0. The summed E-state index contributed by atoms with van der Waals surface area (Å²) in [6, 6.07) is 10.4. The van der Waals surface area contributed by atoms with Crippen molar-refractivity contribution in [2.24, 2.45) is 11.3 Å². The molecule has 1 aliphatic rings. The maximum Gasteiger partial charge on any atom is 0.126 e. The quantitative estimate of drug-likeness (QED) is 0.591. The van der Waals surface area contributed by atoms with Crippen LogP contribution >= 0.6 is 0 Å². The first-order valence-corrected chi connectivity index (χ1v) is 8.12. The van der Waals surface area contributed by atoms with Gasteiger partial charge < -0.3 is 4.79 Å². The maximum absolute atomic E-state index is 11.8. The van der Waals surface area contributed by atoms with Crippen LogP contribution in [-0.2, 0) is 17.6 Å². The molecule has 1 aliphatic carbocycles. The number of carbonyl (C=O) groups is 1. The van der Waals surface area contributed by atoms with Crippen LogP contribution in [0.5, 0.6) is 0 Å². The molecular weight excluding hydrogens is 258 g/mol. The Labute approximate surface area is 128 Å². The lowest BCUT2D eigenvalue weighted by Gasteiger charge is -2.26.